The normalized spacial score (nSPS) is 11.7. The molecule has 0 radical (unpaired) electrons. The molecule has 0 bridgehead atoms. The largest absolute Gasteiger partial charge is 0.508 e. The summed E-state index contributed by atoms with van der Waals surface area (Å²) in [4.78, 5) is 24.5. The van der Waals surface area contributed by atoms with Crippen LogP contribution in [0.1, 0.15) is 43.9 Å². The lowest BCUT2D eigenvalue weighted by atomic mass is 10.0. The third kappa shape index (κ3) is 4.53. The van der Waals surface area contributed by atoms with Crippen molar-refractivity contribution in [3.8, 4) is 11.5 Å². The summed E-state index contributed by atoms with van der Waals surface area (Å²) in [5, 5.41) is 15.2. The van der Waals surface area contributed by atoms with Gasteiger partial charge in [0.1, 0.15) is 11.5 Å². The van der Waals surface area contributed by atoms with E-state index in [0.717, 1.165) is 5.56 Å². The maximum atomic E-state index is 12.3. The number of nitrogens with one attached hydrogen (secondary N) is 2. The highest BCUT2D eigenvalue weighted by Crippen LogP contribution is 2.28. The van der Waals surface area contributed by atoms with Gasteiger partial charge in [-0.3, -0.25) is 9.59 Å². The number of para-hydroxylation sites is 1. The minimum Gasteiger partial charge on any atom is -0.508 e. The van der Waals surface area contributed by atoms with E-state index in [0.29, 0.717) is 17.0 Å². The first-order valence-corrected chi connectivity index (χ1v) is 8.41. The molecule has 0 aliphatic rings. The van der Waals surface area contributed by atoms with Gasteiger partial charge in [0.15, 0.2) is 0 Å². The van der Waals surface area contributed by atoms with Crippen molar-refractivity contribution in [2.24, 2.45) is 0 Å². The second-order valence-electron chi connectivity index (χ2n) is 6.32. The van der Waals surface area contributed by atoms with Crippen LogP contribution in [-0.2, 0) is 9.59 Å². The van der Waals surface area contributed by atoms with Crippen LogP contribution in [0.5, 0.6) is 11.5 Å². The molecule has 6 nitrogen and oxygen atoms in total. The predicted octanol–water partition coefficient (Wildman–Crippen LogP) is 3.34. The summed E-state index contributed by atoms with van der Waals surface area (Å²) in [5.41, 5.74) is 2.03. The van der Waals surface area contributed by atoms with E-state index in [4.69, 9.17) is 4.74 Å². The molecule has 0 saturated carbocycles. The van der Waals surface area contributed by atoms with Crippen molar-refractivity contribution < 1.29 is 19.4 Å². The van der Waals surface area contributed by atoms with E-state index < -0.39 is 17.9 Å². The lowest BCUT2D eigenvalue weighted by Gasteiger charge is -2.17. The highest BCUT2D eigenvalue weighted by molar-refractivity contribution is 6.39. The zero-order valence-corrected chi connectivity index (χ0v) is 15.4. The Morgan fingerprint density at radius 1 is 1.00 bits per heavy atom. The van der Waals surface area contributed by atoms with Gasteiger partial charge in [0.25, 0.3) is 0 Å². The number of hydrogen-bond donors (Lipinski definition) is 3. The van der Waals surface area contributed by atoms with Crippen molar-refractivity contribution >= 4 is 17.5 Å². The smallest absolute Gasteiger partial charge is 0.313 e. The van der Waals surface area contributed by atoms with Gasteiger partial charge in [0, 0.05) is 11.3 Å². The summed E-state index contributed by atoms with van der Waals surface area (Å²) >= 11 is 0. The van der Waals surface area contributed by atoms with Gasteiger partial charge in [-0.15, -0.1) is 0 Å². The van der Waals surface area contributed by atoms with Gasteiger partial charge in [-0.2, -0.15) is 0 Å². The van der Waals surface area contributed by atoms with E-state index in [9.17, 15) is 14.7 Å². The van der Waals surface area contributed by atoms with E-state index in [-0.39, 0.29) is 11.7 Å². The molecule has 0 aliphatic carbocycles. The molecule has 26 heavy (non-hydrogen) atoms. The number of amides is 2. The number of phenols is 1. The highest BCUT2D eigenvalue weighted by Gasteiger charge is 2.20. The van der Waals surface area contributed by atoms with Crippen molar-refractivity contribution in [3.05, 3.63) is 53.6 Å². The quantitative estimate of drug-likeness (QED) is 0.717. The fraction of sp³-hybridized carbons (Fsp3) is 0.300. The molecule has 0 aliphatic heterocycles. The molecular formula is C20H24N2O4. The number of rotatable bonds is 5. The Labute approximate surface area is 153 Å². The number of hydrogen-bond acceptors (Lipinski definition) is 4. The van der Waals surface area contributed by atoms with Crippen molar-refractivity contribution in [2.45, 2.75) is 32.7 Å². The molecule has 1 atom stereocenters. The molecule has 2 rings (SSSR count). The van der Waals surface area contributed by atoms with E-state index in [1.54, 1.807) is 31.2 Å². The van der Waals surface area contributed by atoms with E-state index in [2.05, 4.69) is 10.6 Å². The summed E-state index contributed by atoms with van der Waals surface area (Å²) in [6, 6.07) is 11.5. The molecule has 0 fully saturated rings. The first-order valence-electron chi connectivity index (χ1n) is 8.41. The number of aromatic hydroxyl groups is 1. The van der Waals surface area contributed by atoms with E-state index in [1.807, 2.05) is 26.0 Å². The molecule has 0 spiro atoms. The SMILES string of the molecule is COc1ccc(O)c(C(C)NC(=O)C(=O)Nc2ccccc2C(C)C)c1. The summed E-state index contributed by atoms with van der Waals surface area (Å²) < 4.78 is 5.12. The van der Waals surface area contributed by atoms with Crippen molar-refractivity contribution in [2.75, 3.05) is 12.4 Å². The number of methoxy groups -OCH3 is 1. The minimum absolute atomic E-state index is 0.0177. The summed E-state index contributed by atoms with van der Waals surface area (Å²) in [6.45, 7) is 5.71. The molecule has 138 valence electrons. The first kappa shape index (κ1) is 19.3. The number of carbonyl (C=O) groups excluding carboxylic acids is 2. The maximum Gasteiger partial charge on any atom is 0.313 e. The topological polar surface area (TPSA) is 87.7 Å². The van der Waals surface area contributed by atoms with Crippen molar-refractivity contribution in [1.29, 1.82) is 0 Å². The molecule has 3 N–H and O–H groups in total. The Balaban J connectivity index is 2.09. The van der Waals surface area contributed by atoms with E-state index >= 15 is 0 Å². The van der Waals surface area contributed by atoms with Gasteiger partial charge in [-0.1, -0.05) is 32.0 Å². The third-order valence-electron chi connectivity index (χ3n) is 4.09. The minimum atomic E-state index is -0.779. The van der Waals surface area contributed by atoms with Gasteiger partial charge in [-0.25, -0.2) is 0 Å². The van der Waals surface area contributed by atoms with Crippen LogP contribution in [0.15, 0.2) is 42.5 Å². The molecule has 2 amide bonds. The predicted molar refractivity (Wildman–Crippen MR) is 100 cm³/mol. The molecule has 0 saturated heterocycles. The van der Waals surface area contributed by atoms with E-state index in [1.165, 1.54) is 13.2 Å². The number of carbonyl (C=O) groups is 2. The average Bonchev–Trinajstić information content (AvgIpc) is 2.62. The highest BCUT2D eigenvalue weighted by atomic mass is 16.5. The van der Waals surface area contributed by atoms with Crippen LogP contribution in [0.2, 0.25) is 0 Å². The van der Waals surface area contributed by atoms with Gasteiger partial charge < -0.3 is 20.5 Å². The van der Waals surface area contributed by atoms with Crippen LogP contribution in [0, 0.1) is 0 Å². The van der Waals surface area contributed by atoms with Crippen LogP contribution in [0.4, 0.5) is 5.69 Å². The summed E-state index contributed by atoms with van der Waals surface area (Å²) in [5.74, 6) is -0.758. The second kappa shape index (κ2) is 8.38. The number of phenolic OH excluding ortho intramolecular Hbond substituents is 1. The van der Waals surface area contributed by atoms with Gasteiger partial charge >= 0.3 is 11.8 Å². The Hall–Kier alpha value is -3.02. The summed E-state index contributed by atoms with van der Waals surface area (Å²) in [6.07, 6.45) is 0. The first-order chi connectivity index (χ1) is 12.3. The monoisotopic (exact) mass is 356 g/mol. The zero-order chi connectivity index (χ0) is 19.3. The Morgan fingerprint density at radius 2 is 1.69 bits per heavy atom. The van der Waals surface area contributed by atoms with Crippen LogP contribution in [0.25, 0.3) is 0 Å². The standard InChI is InChI=1S/C20H24N2O4/c1-12(2)15-7-5-6-8-17(15)22-20(25)19(24)21-13(3)16-11-14(26-4)9-10-18(16)23/h5-13,23H,1-4H3,(H,21,24)(H,22,25). The van der Waals surface area contributed by atoms with Gasteiger partial charge in [0.05, 0.1) is 13.2 Å². The average molecular weight is 356 g/mol. The molecule has 2 aromatic carbocycles. The van der Waals surface area contributed by atoms with Crippen LogP contribution in [-0.4, -0.2) is 24.0 Å². The van der Waals surface area contributed by atoms with Gasteiger partial charge in [0.2, 0.25) is 0 Å². The van der Waals surface area contributed by atoms with Crippen molar-refractivity contribution in [1.82, 2.24) is 5.32 Å². The third-order valence-corrected chi connectivity index (χ3v) is 4.09. The van der Waals surface area contributed by atoms with Crippen LogP contribution in [0.3, 0.4) is 0 Å². The Bertz CT molecular complexity index is 802. The molecule has 1 unspecified atom stereocenters. The second-order valence-corrected chi connectivity index (χ2v) is 6.32. The zero-order valence-electron chi connectivity index (χ0n) is 15.4. The number of anilines is 1. The molecule has 0 aromatic heterocycles. The fourth-order valence-electron chi connectivity index (χ4n) is 2.64. The van der Waals surface area contributed by atoms with Crippen LogP contribution < -0.4 is 15.4 Å². The lowest BCUT2D eigenvalue weighted by molar-refractivity contribution is -0.136. The Kier molecular flexibility index (Phi) is 6.22. The number of benzene rings is 2. The summed E-state index contributed by atoms with van der Waals surface area (Å²) in [7, 11) is 1.51. The number of ether oxygens (including phenoxy) is 1. The lowest BCUT2D eigenvalue weighted by Crippen LogP contribution is -2.37. The maximum absolute atomic E-state index is 12.3. The molecular weight excluding hydrogens is 332 g/mol. The molecule has 2 aromatic rings. The van der Waals surface area contributed by atoms with Crippen molar-refractivity contribution in [3.63, 3.8) is 0 Å². The van der Waals surface area contributed by atoms with Crippen LogP contribution >= 0.6 is 0 Å². The molecule has 6 heteroatoms. The fourth-order valence-corrected chi connectivity index (χ4v) is 2.64. The molecule has 0 heterocycles. The Morgan fingerprint density at radius 3 is 2.35 bits per heavy atom. The van der Waals surface area contributed by atoms with Gasteiger partial charge in [-0.05, 0) is 42.7 Å².